The number of primary amides is 1. The molecule has 8 nitrogen and oxygen atoms in total. The molecule has 4 rings (SSSR count). The number of carbonyl (C=O) groups is 2. The van der Waals surface area contributed by atoms with Crippen molar-refractivity contribution in [2.45, 2.75) is 57.4 Å². The summed E-state index contributed by atoms with van der Waals surface area (Å²) < 4.78 is 0. The molecule has 4 heterocycles. The van der Waals surface area contributed by atoms with Gasteiger partial charge in [-0.05, 0) is 64.6 Å². The highest BCUT2D eigenvalue weighted by atomic mass is 16.2. The number of likely N-dealkylation sites (tertiary alicyclic amines) is 2. The Bertz CT molecular complexity index is 771. The van der Waals surface area contributed by atoms with Gasteiger partial charge in [-0.15, -0.1) is 0 Å². The second-order valence-electron chi connectivity index (χ2n) is 9.05. The highest BCUT2D eigenvalue weighted by molar-refractivity contribution is 5.86. The third-order valence-electron chi connectivity index (χ3n) is 7.16. The molecule has 164 valence electrons. The van der Waals surface area contributed by atoms with E-state index in [1.807, 2.05) is 17.9 Å². The number of aromatic nitrogens is 2. The Morgan fingerprint density at radius 3 is 2.47 bits per heavy atom. The molecule has 8 heteroatoms. The Hall–Kier alpha value is -2.22. The number of piperidine rings is 3. The van der Waals surface area contributed by atoms with Crippen LogP contribution in [0.3, 0.4) is 0 Å². The van der Waals surface area contributed by atoms with Crippen LogP contribution < -0.4 is 10.6 Å². The van der Waals surface area contributed by atoms with Crippen molar-refractivity contribution in [2.75, 3.05) is 44.2 Å². The predicted octanol–water partition coefficient (Wildman–Crippen LogP) is 1.33. The van der Waals surface area contributed by atoms with Crippen LogP contribution in [0.1, 0.15) is 50.6 Å². The number of nitrogens with zero attached hydrogens (tertiary/aromatic N) is 5. The molecule has 0 spiro atoms. The summed E-state index contributed by atoms with van der Waals surface area (Å²) in [6.07, 6.45) is 8.38. The van der Waals surface area contributed by atoms with Crippen LogP contribution in [0.5, 0.6) is 0 Å². The minimum atomic E-state index is -0.578. The number of hydrogen-bond donors (Lipinski definition) is 1. The second kappa shape index (κ2) is 8.88. The third-order valence-corrected chi connectivity index (χ3v) is 7.16. The summed E-state index contributed by atoms with van der Waals surface area (Å²) in [5, 5.41) is 0. The van der Waals surface area contributed by atoms with E-state index in [2.05, 4.69) is 19.8 Å². The van der Waals surface area contributed by atoms with Crippen LogP contribution in [0.2, 0.25) is 0 Å². The summed E-state index contributed by atoms with van der Waals surface area (Å²) >= 11 is 0. The maximum atomic E-state index is 13.3. The molecule has 0 bridgehead atoms. The highest BCUT2D eigenvalue weighted by Gasteiger charge is 2.46. The standard InChI is InChI=1S/C22H34N6O2/c1-17-7-10-24-21(25-17)27-11-5-6-18(16-27)19(29)26-14-8-22(9-15-26,20(23)30)28-12-3-2-4-13-28/h7,10,18H,2-6,8-9,11-16H2,1H3,(H2,23,30)/t18-/m0/s1. The van der Waals surface area contributed by atoms with Gasteiger partial charge in [0.2, 0.25) is 17.8 Å². The first-order valence-electron chi connectivity index (χ1n) is 11.4. The third kappa shape index (κ3) is 4.15. The average molecular weight is 415 g/mol. The molecule has 0 aromatic carbocycles. The Balaban J connectivity index is 1.39. The molecule has 0 saturated carbocycles. The smallest absolute Gasteiger partial charge is 0.238 e. The van der Waals surface area contributed by atoms with Crippen molar-refractivity contribution in [3.8, 4) is 0 Å². The second-order valence-corrected chi connectivity index (χ2v) is 9.05. The van der Waals surface area contributed by atoms with E-state index < -0.39 is 5.54 Å². The number of carbonyl (C=O) groups excluding carboxylic acids is 2. The number of anilines is 1. The lowest BCUT2D eigenvalue weighted by Gasteiger charge is -2.48. The fourth-order valence-electron chi connectivity index (χ4n) is 5.34. The van der Waals surface area contributed by atoms with E-state index >= 15 is 0 Å². The van der Waals surface area contributed by atoms with Gasteiger partial charge in [0, 0.05) is 38.1 Å². The molecule has 1 aromatic heterocycles. The Kier molecular flexibility index (Phi) is 6.22. The number of aryl methyl sites for hydroxylation is 1. The average Bonchev–Trinajstić information content (AvgIpc) is 2.79. The van der Waals surface area contributed by atoms with Crippen molar-refractivity contribution < 1.29 is 9.59 Å². The molecule has 2 N–H and O–H groups in total. The van der Waals surface area contributed by atoms with E-state index in [0.717, 1.165) is 51.0 Å². The summed E-state index contributed by atoms with van der Waals surface area (Å²) in [7, 11) is 0. The molecule has 3 aliphatic rings. The highest BCUT2D eigenvalue weighted by Crippen LogP contribution is 2.33. The van der Waals surface area contributed by atoms with E-state index in [-0.39, 0.29) is 17.7 Å². The minimum absolute atomic E-state index is 0.0427. The van der Waals surface area contributed by atoms with Crippen molar-refractivity contribution in [1.29, 1.82) is 0 Å². The van der Waals surface area contributed by atoms with Gasteiger partial charge in [0.1, 0.15) is 5.54 Å². The molecular weight excluding hydrogens is 380 g/mol. The molecular formula is C22H34N6O2. The normalized spacial score (nSPS) is 25.2. The van der Waals surface area contributed by atoms with E-state index in [9.17, 15) is 9.59 Å². The zero-order valence-corrected chi connectivity index (χ0v) is 18.1. The minimum Gasteiger partial charge on any atom is -0.368 e. The predicted molar refractivity (Wildman–Crippen MR) is 115 cm³/mol. The van der Waals surface area contributed by atoms with Crippen molar-refractivity contribution in [2.24, 2.45) is 11.7 Å². The molecule has 3 saturated heterocycles. The SMILES string of the molecule is Cc1ccnc(N2CCC[C@H](C(=O)N3CCC(C(N)=O)(N4CCCCC4)CC3)C2)n1. The van der Waals surface area contributed by atoms with Crippen molar-refractivity contribution in [1.82, 2.24) is 19.8 Å². The van der Waals surface area contributed by atoms with Gasteiger partial charge in [0.25, 0.3) is 0 Å². The van der Waals surface area contributed by atoms with Gasteiger partial charge in [-0.3, -0.25) is 14.5 Å². The Morgan fingerprint density at radius 1 is 1.07 bits per heavy atom. The number of nitrogens with two attached hydrogens (primary N) is 1. The Labute approximate surface area is 178 Å². The zero-order valence-electron chi connectivity index (χ0n) is 18.1. The van der Waals surface area contributed by atoms with Crippen molar-refractivity contribution in [3.63, 3.8) is 0 Å². The van der Waals surface area contributed by atoms with Crippen LogP contribution in [0.4, 0.5) is 5.95 Å². The maximum Gasteiger partial charge on any atom is 0.238 e. The summed E-state index contributed by atoms with van der Waals surface area (Å²) in [6, 6.07) is 1.89. The molecule has 3 aliphatic heterocycles. The first kappa shape index (κ1) is 21.0. The van der Waals surface area contributed by atoms with Gasteiger partial charge >= 0.3 is 0 Å². The van der Waals surface area contributed by atoms with Crippen molar-refractivity contribution >= 4 is 17.8 Å². The van der Waals surface area contributed by atoms with Crippen molar-refractivity contribution in [3.05, 3.63) is 18.0 Å². The molecule has 0 aliphatic carbocycles. The van der Waals surface area contributed by atoms with Crippen LogP contribution in [0.25, 0.3) is 0 Å². The fraction of sp³-hybridized carbons (Fsp3) is 0.727. The lowest BCUT2D eigenvalue weighted by Crippen LogP contribution is -2.64. The van der Waals surface area contributed by atoms with Crippen LogP contribution in [0, 0.1) is 12.8 Å². The van der Waals surface area contributed by atoms with E-state index in [4.69, 9.17) is 5.73 Å². The zero-order chi connectivity index (χ0) is 21.1. The first-order valence-corrected chi connectivity index (χ1v) is 11.4. The monoisotopic (exact) mass is 414 g/mol. The number of hydrogen-bond acceptors (Lipinski definition) is 6. The summed E-state index contributed by atoms with van der Waals surface area (Å²) in [6.45, 7) is 6.58. The molecule has 1 atom stereocenters. The van der Waals surface area contributed by atoms with Gasteiger partial charge < -0.3 is 15.5 Å². The van der Waals surface area contributed by atoms with Gasteiger partial charge in [-0.2, -0.15) is 0 Å². The lowest BCUT2D eigenvalue weighted by molar-refractivity contribution is -0.144. The topological polar surface area (TPSA) is 95.7 Å². The summed E-state index contributed by atoms with van der Waals surface area (Å²) in [5.41, 5.74) is 6.24. The maximum absolute atomic E-state index is 13.3. The van der Waals surface area contributed by atoms with E-state index in [1.54, 1.807) is 6.20 Å². The summed E-state index contributed by atoms with van der Waals surface area (Å²) in [4.78, 5) is 41.0. The van der Waals surface area contributed by atoms with Crippen LogP contribution in [-0.4, -0.2) is 76.4 Å². The van der Waals surface area contributed by atoms with Gasteiger partial charge in [-0.1, -0.05) is 6.42 Å². The fourth-order valence-corrected chi connectivity index (χ4v) is 5.34. The quantitative estimate of drug-likeness (QED) is 0.799. The van der Waals surface area contributed by atoms with Crippen LogP contribution in [-0.2, 0) is 9.59 Å². The lowest BCUT2D eigenvalue weighted by atomic mass is 9.82. The number of amides is 2. The molecule has 30 heavy (non-hydrogen) atoms. The van der Waals surface area contributed by atoms with Gasteiger partial charge in [-0.25, -0.2) is 9.97 Å². The Morgan fingerprint density at radius 2 is 1.80 bits per heavy atom. The molecule has 3 fully saturated rings. The van der Waals surface area contributed by atoms with E-state index in [0.29, 0.717) is 38.4 Å². The van der Waals surface area contributed by atoms with Gasteiger partial charge in [0.05, 0.1) is 5.92 Å². The van der Waals surface area contributed by atoms with Crippen LogP contribution in [0.15, 0.2) is 12.3 Å². The number of rotatable bonds is 4. The molecule has 0 radical (unpaired) electrons. The first-order chi connectivity index (χ1) is 14.5. The molecule has 1 aromatic rings. The summed E-state index contributed by atoms with van der Waals surface area (Å²) in [5.74, 6) is 0.643. The van der Waals surface area contributed by atoms with Crippen LogP contribution >= 0.6 is 0 Å². The van der Waals surface area contributed by atoms with Gasteiger partial charge in [0.15, 0.2) is 0 Å². The molecule has 2 amide bonds. The largest absolute Gasteiger partial charge is 0.368 e. The molecule has 0 unspecified atom stereocenters. The van der Waals surface area contributed by atoms with E-state index in [1.165, 1.54) is 6.42 Å².